The number of alkyl halides is 1. The van der Waals surface area contributed by atoms with Crippen LogP contribution in [0.5, 0.6) is 0 Å². The van der Waals surface area contributed by atoms with Gasteiger partial charge in [0.15, 0.2) is 17.5 Å². The Morgan fingerprint density at radius 3 is 2.44 bits per heavy atom. The van der Waals surface area contributed by atoms with Crippen molar-refractivity contribution in [3.63, 3.8) is 0 Å². The van der Waals surface area contributed by atoms with E-state index < -0.39 is 29.3 Å². The van der Waals surface area contributed by atoms with Gasteiger partial charge in [0.1, 0.15) is 0 Å². The summed E-state index contributed by atoms with van der Waals surface area (Å²) >= 11 is 5.46. The monoisotopic (exact) mass is 280 g/mol. The molecule has 0 spiro atoms. The predicted molar refractivity (Wildman–Crippen MR) is 61.3 cm³/mol. The SMILES string of the molecule is O=C(O)C(CCCCCl)c1ccc(F)c(F)c1F. The van der Waals surface area contributed by atoms with Crippen molar-refractivity contribution < 1.29 is 23.1 Å². The van der Waals surface area contributed by atoms with E-state index in [9.17, 15) is 18.0 Å². The number of rotatable bonds is 6. The summed E-state index contributed by atoms with van der Waals surface area (Å²) < 4.78 is 39.3. The summed E-state index contributed by atoms with van der Waals surface area (Å²) in [4.78, 5) is 11.0. The smallest absolute Gasteiger partial charge is 0.311 e. The van der Waals surface area contributed by atoms with E-state index in [2.05, 4.69) is 0 Å². The predicted octanol–water partition coefficient (Wildman–Crippen LogP) is 3.68. The molecule has 0 radical (unpaired) electrons. The molecule has 1 aromatic carbocycles. The van der Waals surface area contributed by atoms with Crippen molar-refractivity contribution in [3.05, 3.63) is 35.1 Å². The quantitative estimate of drug-likeness (QED) is 0.490. The molecule has 0 amide bonds. The first-order chi connectivity index (χ1) is 8.49. The molecule has 1 N–H and O–H groups in total. The highest BCUT2D eigenvalue weighted by Gasteiger charge is 2.25. The zero-order valence-electron chi connectivity index (χ0n) is 9.43. The molecule has 2 nitrogen and oxygen atoms in total. The number of benzene rings is 1. The minimum absolute atomic E-state index is 0.129. The Bertz CT molecular complexity index is 438. The molecule has 1 unspecified atom stereocenters. The minimum Gasteiger partial charge on any atom is -0.481 e. The van der Waals surface area contributed by atoms with Gasteiger partial charge in [-0.15, -0.1) is 11.6 Å². The van der Waals surface area contributed by atoms with Crippen LogP contribution < -0.4 is 0 Å². The largest absolute Gasteiger partial charge is 0.481 e. The fraction of sp³-hybridized carbons (Fsp3) is 0.417. The molecular formula is C12H12ClF3O2. The van der Waals surface area contributed by atoms with Crippen molar-refractivity contribution in [1.29, 1.82) is 0 Å². The molecule has 0 aliphatic rings. The number of carboxylic acid groups (broad SMARTS) is 1. The zero-order chi connectivity index (χ0) is 13.7. The summed E-state index contributed by atoms with van der Waals surface area (Å²) in [5.41, 5.74) is -0.337. The lowest BCUT2D eigenvalue weighted by molar-refractivity contribution is -0.139. The first-order valence-corrected chi connectivity index (χ1v) is 5.94. The van der Waals surface area contributed by atoms with Gasteiger partial charge in [-0.25, -0.2) is 13.2 Å². The molecule has 0 saturated heterocycles. The molecule has 6 heteroatoms. The van der Waals surface area contributed by atoms with Crippen LogP contribution in [0.1, 0.15) is 30.7 Å². The molecule has 18 heavy (non-hydrogen) atoms. The topological polar surface area (TPSA) is 37.3 Å². The average Bonchev–Trinajstić information content (AvgIpc) is 2.33. The van der Waals surface area contributed by atoms with Gasteiger partial charge in [0, 0.05) is 11.4 Å². The molecule has 1 atom stereocenters. The van der Waals surface area contributed by atoms with E-state index in [1.807, 2.05) is 0 Å². The van der Waals surface area contributed by atoms with Crippen molar-refractivity contribution >= 4 is 17.6 Å². The van der Waals surface area contributed by atoms with Gasteiger partial charge in [-0.1, -0.05) is 12.5 Å². The van der Waals surface area contributed by atoms with E-state index in [0.717, 1.165) is 12.1 Å². The van der Waals surface area contributed by atoms with Crippen molar-refractivity contribution in [1.82, 2.24) is 0 Å². The van der Waals surface area contributed by atoms with Crippen LogP contribution in [-0.4, -0.2) is 17.0 Å². The lowest BCUT2D eigenvalue weighted by Crippen LogP contribution is -2.14. The molecule has 1 rings (SSSR count). The molecule has 0 bridgehead atoms. The number of aliphatic carboxylic acids is 1. The zero-order valence-corrected chi connectivity index (χ0v) is 10.2. The van der Waals surface area contributed by atoms with Gasteiger partial charge in [-0.3, -0.25) is 4.79 Å². The fourth-order valence-electron chi connectivity index (χ4n) is 1.66. The van der Waals surface area contributed by atoms with Crippen LogP contribution in [0, 0.1) is 17.5 Å². The summed E-state index contributed by atoms with van der Waals surface area (Å²) in [6.07, 6.45) is 1.18. The molecule has 0 aliphatic heterocycles. The highest BCUT2D eigenvalue weighted by Crippen LogP contribution is 2.27. The Kier molecular flexibility index (Phi) is 5.47. The van der Waals surface area contributed by atoms with Crippen LogP contribution in [0.25, 0.3) is 0 Å². The maximum Gasteiger partial charge on any atom is 0.311 e. The number of halogens is 4. The molecule has 0 aromatic heterocycles. The maximum atomic E-state index is 13.5. The van der Waals surface area contributed by atoms with Gasteiger partial charge in [-0.05, 0) is 18.9 Å². The van der Waals surface area contributed by atoms with E-state index in [1.165, 1.54) is 0 Å². The van der Waals surface area contributed by atoms with E-state index in [0.29, 0.717) is 18.7 Å². The molecular weight excluding hydrogens is 269 g/mol. The molecule has 0 heterocycles. The molecule has 100 valence electrons. The summed E-state index contributed by atoms with van der Waals surface area (Å²) in [5.74, 6) is -6.50. The Hall–Kier alpha value is -1.23. The number of unbranched alkanes of at least 4 members (excludes halogenated alkanes) is 1. The van der Waals surface area contributed by atoms with Crippen LogP contribution in [0.2, 0.25) is 0 Å². The van der Waals surface area contributed by atoms with Crippen LogP contribution in [0.3, 0.4) is 0 Å². The van der Waals surface area contributed by atoms with Crippen molar-refractivity contribution in [2.75, 3.05) is 5.88 Å². The van der Waals surface area contributed by atoms with Gasteiger partial charge >= 0.3 is 5.97 Å². The number of carboxylic acids is 1. The van der Waals surface area contributed by atoms with E-state index in [1.54, 1.807) is 0 Å². The second-order valence-electron chi connectivity index (χ2n) is 3.84. The Labute approximate surface area is 107 Å². The van der Waals surface area contributed by atoms with Crippen LogP contribution >= 0.6 is 11.6 Å². The van der Waals surface area contributed by atoms with Gasteiger partial charge in [0.25, 0.3) is 0 Å². The number of hydrogen-bond acceptors (Lipinski definition) is 1. The van der Waals surface area contributed by atoms with Crippen LogP contribution in [0.15, 0.2) is 12.1 Å². The summed E-state index contributed by atoms with van der Waals surface area (Å²) in [5, 5.41) is 8.99. The lowest BCUT2D eigenvalue weighted by atomic mass is 9.93. The first kappa shape index (κ1) is 14.8. The van der Waals surface area contributed by atoms with Crippen molar-refractivity contribution in [3.8, 4) is 0 Å². The molecule has 0 fully saturated rings. The summed E-state index contributed by atoms with van der Waals surface area (Å²) in [6, 6.07) is 1.69. The van der Waals surface area contributed by atoms with Crippen LogP contribution in [0.4, 0.5) is 13.2 Å². The normalized spacial score (nSPS) is 12.4. The van der Waals surface area contributed by atoms with Crippen molar-refractivity contribution in [2.24, 2.45) is 0 Å². The van der Waals surface area contributed by atoms with E-state index in [-0.39, 0.29) is 12.0 Å². The third kappa shape index (κ3) is 3.38. The lowest BCUT2D eigenvalue weighted by Gasteiger charge is -2.13. The first-order valence-electron chi connectivity index (χ1n) is 5.41. The standard InChI is InChI=1S/C12H12ClF3O2/c13-6-2-1-3-8(12(17)18)7-4-5-9(14)11(16)10(7)15/h4-5,8H,1-3,6H2,(H,17,18). The Morgan fingerprint density at radius 2 is 1.89 bits per heavy atom. The maximum absolute atomic E-state index is 13.5. The number of carbonyl (C=O) groups is 1. The molecule has 0 saturated carbocycles. The van der Waals surface area contributed by atoms with Crippen LogP contribution in [-0.2, 0) is 4.79 Å². The van der Waals surface area contributed by atoms with Gasteiger partial charge in [0.2, 0.25) is 0 Å². The Balaban J connectivity index is 2.99. The Morgan fingerprint density at radius 1 is 1.22 bits per heavy atom. The van der Waals surface area contributed by atoms with Gasteiger partial charge < -0.3 is 5.11 Å². The third-order valence-electron chi connectivity index (χ3n) is 2.61. The summed E-state index contributed by atoms with van der Waals surface area (Å²) in [6.45, 7) is 0. The average molecular weight is 281 g/mol. The molecule has 1 aromatic rings. The third-order valence-corrected chi connectivity index (χ3v) is 2.88. The minimum atomic E-state index is -1.64. The highest BCUT2D eigenvalue weighted by molar-refractivity contribution is 6.17. The van der Waals surface area contributed by atoms with Gasteiger partial charge in [-0.2, -0.15) is 0 Å². The molecule has 0 aliphatic carbocycles. The van der Waals surface area contributed by atoms with E-state index in [4.69, 9.17) is 16.7 Å². The van der Waals surface area contributed by atoms with E-state index >= 15 is 0 Å². The second-order valence-corrected chi connectivity index (χ2v) is 4.22. The van der Waals surface area contributed by atoms with Gasteiger partial charge in [0.05, 0.1) is 5.92 Å². The highest BCUT2D eigenvalue weighted by atomic mass is 35.5. The fourth-order valence-corrected chi connectivity index (χ4v) is 1.85. The second kappa shape index (κ2) is 6.64. The summed E-state index contributed by atoms with van der Waals surface area (Å²) in [7, 11) is 0. The number of hydrogen-bond donors (Lipinski definition) is 1. The van der Waals surface area contributed by atoms with Crippen molar-refractivity contribution in [2.45, 2.75) is 25.2 Å².